The minimum absolute atomic E-state index is 0.244. The smallest absolute Gasteiger partial charge is 0.331 e. The zero-order valence-corrected chi connectivity index (χ0v) is 8.03. The number of ether oxygens (including phenoxy) is 2. The molecule has 1 atom stereocenters. The summed E-state index contributed by atoms with van der Waals surface area (Å²) in [4.78, 5) is 10.5. The lowest BCUT2D eigenvalue weighted by atomic mass is 10.2. The molecule has 13 heavy (non-hydrogen) atoms. The molecule has 1 N–H and O–H groups in total. The Bertz CT molecular complexity index is 242. The predicted molar refractivity (Wildman–Crippen MR) is 46.3 cm³/mol. The predicted octanol–water partition coefficient (Wildman–Crippen LogP) is 1.17. The maximum atomic E-state index is 10.5. The van der Waals surface area contributed by atoms with Crippen molar-refractivity contribution in [1.29, 1.82) is 0 Å². The molecule has 0 aromatic heterocycles. The van der Waals surface area contributed by atoms with E-state index < -0.39 is 11.8 Å². The van der Waals surface area contributed by atoms with Crippen molar-refractivity contribution in [3.63, 3.8) is 0 Å². The normalized spacial score (nSPS) is 27.6. The molecule has 0 aliphatic carbocycles. The minimum Gasteiger partial charge on any atom is -0.478 e. The summed E-state index contributed by atoms with van der Waals surface area (Å²) in [6.07, 6.45) is 1.32. The van der Waals surface area contributed by atoms with Crippen molar-refractivity contribution >= 4 is 5.97 Å². The molecule has 0 radical (unpaired) electrons. The lowest BCUT2D eigenvalue weighted by molar-refractivity contribution is -0.135. The Balaban J connectivity index is 2.58. The molecule has 0 aromatic carbocycles. The van der Waals surface area contributed by atoms with E-state index in [0.29, 0.717) is 6.61 Å². The maximum absolute atomic E-state index is 10.5. The van der Waals surface area contributed by atoms with Gasteiger partial charge in [0.2, 0.25) is 0 Å². The summed E-state index contributed by atoms with van der Waals surface area (Å²) < 4.78 is 10.7. The van der Waals surface area contributed by atoms with Crippen LogP contribution in [0.4, 0.5) is 0 Å². The second kappa shape index (κ2) is 3.47. The van der Waals surface area contributed by atoms with Crippen molar-refractivity contribution in [3.05, 3.63) is 11.6 Å². The molecule has 1 aliphatic heterocycles. The van der Waals surface area contributed by atoms with Crippen LogP contribution < -0.4 is 0 Å². The third-order valence-corrected chi connectivity index (χ3v) is 1.80. The van der Waals surface area contributed by atoms with Gasteiger partial charge in [-0.2, -0.15) is 0 Å². The SMILES string of the molecule is C/C(=C\[C@H]1COC(C)(C)O1)C(=O)O. The Morgan fingerprint density at radius 1 is 1.62 bits per heavy atom. The number of hydrogen-bond acceptors (Lipinski definition) is 3. The van der Waals surface area contributed by atoms with Crippen LogP contribution in [-0.2, 0) is 14.3 Å². The first-order chi connectivity index (χ1) is 5.91. The van der Waals surface area contributed by atoms with Gasteiger partial charge in [-0.25, -0.2) is 4.79 Å². The summed E-state index contributed by atoms with van der Waals surface area (Å²) in [6.45, 7) is 5.56. The molecule has 1 rings (SSSR count). The molecule has 0 saturated carbocycles. The van der Waals surface area contributed by atoms with E-state index in [9.17, 15) is 4.79 Å². The fourth-order valence-corrected chi connectivity index (χ4v) is 1.15. The van der Waals surface area contributed by atoms with Crippen LogP contribution in [-0.4, -0.2) is 29.6 Å². The monoisotopic (exact) mass is 186 g/mol. The minimum atomic E-state index is -0.923. The summed E-state index contributed by atoms with van der Waals surface area (Å²) in [5.41, 5.74) is 0.284. The van der Waals surface area contributed by atoms with Crippen molar-refractivity contribution in [2.24, 2.45) is 0 Å². The average molecular weight is 186 g/mol. The molecular weight excluding hydrogens is 172 g/mol. The van der Waals surface area contributed by atoms with Crippen LogP contribution in [0.2, 0.25) is 0 Å². The van der Waals surface area contributed by atoms with Crippen molar-refractivity contribution in [2.75, 3.05) is 6.61 Å². The second-order valence-corrected chi connectivity index (χ2v) is 3.52. The lowest BCUT2D eigenvalue weighted by Crippen LogP contribution is -2.21. The molecule has 0 aromatic rings. The Morgan fingerprint density at radius 3 is 2.62 bits per heavy atom. The van der Waals surface area contributed by atoms with Crippen LogP contribution in [0.3, 0.4) is 0 Å². The standard InChI is InChI=1S/C9H14O4/c1-6(8(10)11)4-7-5-12-9(2,3)13-7/h4,7H,5H2,1-3H3,(H,10,11)/b6-4+/t7-/m0/s1. The molecule has 0 spiro atoms. The van der Waals surface area contributed by atoms with Crippen LogP contribution in [0.25, 0.3) is 0 Å². The fourth-order valence-electron chi connectivity index (χ4n) is 1.15. The molecule has 1 saturated heterocycles. The Kier molecular flexibility index (Phi) is 2.73. The van der Waals surface area contributed by atoms with Gasteiger partial charge in [-0.1, -0.05) is 0 Å². The zero-order chi connectivity index (χ0) is 10.1. The number of carboxylic acid groups (broad SMARTS) is 1. The number of hydrogen-bond donors (Lipinski definition) is 1. The van der Waals surface area contributed by atoms with Crippen LogP contribution in [0.5, 0.6) is 0 Å². The van der Waals surface area contributed by atoms with E-state index in [1.807, 2.05) is 0 Å². The summed E-state index contributed by atoms with van der Waals surface area (Å²) >= 11 is 0. The Morgan fingerprint density at radius 2 is 2.23 bits per heavy atom. The molecule has 1 fully saturated rings. The Labute approximate surface area is 77.1 Å². The van der Waals surface area contributed by atoms with Crippen molar-refractivity contribution in [2.45, 2.75) is 32.7 Å². The molecule has 0 bridgehead atoms. The van der Waals surface area contributed by atoms with E-state index in [1.165, 1.54) is 6.92 Å². The van der Waals surface area contributed by atoms with Gasteiger partial charge >= 0.3 is 5.97 Å². The van der Waals surface area contributed by atoms with Gasteiger partial charge in [0.15, 0.2) is 5.79 Å². The molecule has 1 heterocycles. The quantitative estimate of drug-likeness (QED) is 0.658. The molecule has 1 aliphatic rings. The third kappa shape index (κ3) is 2.82. The van der Waals surface area contributed by atoms with Gasteiger partial charge in [-0.05, 0) is 26.8 Å². The second-order valence-electron chi connectivity index (χ2n) is 3.52. The number of aliphatic carboxylic acids is 1. The Hall–Kier alpha value is -0.870. The summed E-state index contributed by atoms with van der Waals surface area (Å²) in [7, 11) is 0. The van der Waals surface area contributed by atoms with Gasteiger partial charge in [0.1, 0.15) is 6.10 Å². The van der Waals surface area contributed by atoms with Gasteiger partial charge in [0.05, 0.1) is 6.61 Å². The van der Waals surface area contributed by atoms with Crippen LogP contribution in [0, 0.1) is 0 Å². The molecule has 0 amide bonds. The van der Waals surface area contributed by atoms with Gasteiger partial charge in [0, 0.05) is 5.57 Å². The van der Waals surface area contributed by atoms with Crippen LogP contribution in [0.15, 0.2) is 11.6 Å². The molecule has 4 heteroatoms. The first kappa shape index (κ1) is 10.2. The summed E-state index contributed by atoms with van der Waals surface area (Å²) in [5, 5.41) is 8.61. The van der Waals surface area contributed by atoms with Crippen molar-refractivity contribution < 1.29 is 19.4 Å². The third-order valence-electron chi connectivity index (χ3n) is 1.80. The first-order valence-corrected chi connectivity index (χ1v) is 4.14. The largest absolute Gasteiger partial charge is 0.478 e. The van der Waals surface area contributed by atoms with E-state index >= 15 is 0 Å². The number of rotatable bonds is 2. The highest BCUT2D eigenvalue weighted by Crippen LogP contribution is 2.23. The van der Waals surface area contributed by atoms with Crippen LogP contribution >= 0.6 is 0 Å². The van der Waals surface area contributed by atoms with Crippen molar-refractivity contribution in [3.8, 4) is 0 Å². The number of carbonyl (C=O) groups is 1. The van der Waals surface area contributed by atoms with E-state index in [1.54, 1.807) is 19.9 Å². The molecule has 0 unspecified atom stereocenters. The number of carboxylic acids is 1. The van der Waals surface area contributed by atoms with Crippen LogP contribution in [0.1, 0.15) is 20.8 Å². The topological polar surface area (TPSA) is 55.8 Å². The van der Waals surface area contributed by atoms with E-state index in [2.05, 4.69) is 0 Å². The highest BCUT2D eigenvalue weighted by atomic mass is 16.7. The average Bonchev–Trinajstić information content (AvgIpc) is 2.30. The fraction of sp³-hybridized carbons (Fsp3) is 0.667. The van der Waals surface area contributed by atoms with Gasteiger partial charge in [-0.15, -0.1) is 0 Å². The molecular formula is C9H14O4. The first-order valence-electron chi connectivity index (χ1n) is 4.14. The van der Waals surface area contributed by atoms with Gasteiger partial charge in [0.25, 0.3) is 0 Å². The van der Waals surface area contributed by atoms with E-state index in [0.717, 1.165) is 0 Å². The van der Waals surface area contributed by atoms with Gasteiger partial charge in [-0.3, -0.25) is 0 Å². The van der Waals surface area contributed by atoms with Gasteiger partial charge < -0.3 is 14.6 Å². The summed E-state index contributed by atoms with van der Waals surface area (Å²) in [5.74, 6) is -1.52. The molecule has 4 nitrogen and oxygen atoms in total. The maximum Gasteiger partial charge on any atom is 0.331 e. The molecule has 74 valence electrons. The van der Waals surface area contributed by atoms with E-state index in [4.69, 9.17) is 14.6 Å². The van der Waals surface area contributed by atoms with Crippen molar-refractivity contribution in [1.82, 2.24) is 0 Å². The zero-order valence-electron chi connectivity index (χ0n) is 8.03. The summed E-state index contributed by atoms with van der Waals surface area (Å²) in [6, 6.07) is 0. The van der Waals surface area contributed by atoms with E-state index in [-0.39, 0.29) is 11.7 Å². The highest BCUT2D eigenvalue weighted by molar-refractivity contribution is 5.85. The lowest BCUT2D eigenvalue weighted by Gasteiger charge is -2.15. The highest BCUT2D eigenvalue weighted by Gasteiger charge is 2.31.